The minimum absolute atomic E-state index is 0.188. The van der Waals surface area contributed by atoms with E-state index in [0.717, 1.165) is 23.1 Å². The van der Waals surface area contributed by atoms with E-state index in [2.05, 4.69) is 45.1 Å². The van der Waals surface area contributed by atoms with Crippen LogP contribution in [-0.4, -0.2) is 23.8 Å². The lowest BCUT2D eigenvalue weighted by atomic mass is 9.95. The third-order valence-corrected chi connectivity index (χ3v) is 5.09. The van der Waals surface area contributed by atoms with Gasteiger partial charge in [-0.1, -0.05) is 64.8 Å². The SMILES string of the molecule is O=C(CC(c1ccccc1)N1CCCCC1)c1ccc(Br)cc1. The van der Waals surface area contributed by atoms with Gasteiger partial charge in [-0.15, -0.1) is 0 Å². The molecule has 1 saturated heterocycles. The Morgan fingerprint density at radius 3 is 2.26 bits per heavy atom. The van der Waals surface area contributed by atoms with E-state index in [1.54, 1.807) is 0 Å². The normalized spacial score (nSPS) is 16.9. The van der Waals surface area contributed by atoms with Crippen molar-refractivity contribution in [2.24, 2.45) is 0 Å². The molecule has 0 amide bonds. The van der Waals surface area contributed by atoms with E-state index in [4.69, 9.17) is 0 Å². The average molecular weight is 372 g/mol. The molecule has 0 aromatic heterocycles. The molecule has 1 unspecified atom stereocenters. The molecule has 2 aromatic carbocycles. The highest BCUT2D eigenvalue weighted by Gasteiger charge is 2.25. The fraction of sp³-hybridized carbons (Fsp3) is 0.350. The molecule has 1 heterocycles. The zero-order chi connectivity index (χ0) is 16.1. The standard InChI is InChI=1S/C20H22BrNO/c21-18-11-9-17(10-12-18)20(23)15-19(16-7-3-1-4-8-16)22-13-5-2-6-14-22/h1,3-4,7-12,19H,2,5-6,13-15H2. The molecule has 1 atom stereocenters. The van der Waals surface area contributed by atoms with E-state index in [-0.39, 0.29) is 11.8 Å². The minimum Gasteiger partial charge on any atom is -0.296 e. The molecule has 2 aromatic rings. The number of carbonyl (C=O) groups is 1. The molecule has 0 saturated carbocycles. The lowest BCUT2D eigenvalue weighted by Crippen LogP contribution is -2.35. The number of rotatable bonds is 5. The lowest BCUT2D eigenvalue weighted by molar-refractivity contribution is 0.0895. The van der Waals surface area contributed by atoms with Gasteiger partial charge in [0.05, 0.1) is 0 Å². The molecule has 1 fully saturated rings. The van der Waals surface area contributed by atoms with Crippen LogP contribution in [-0.2, 0) is 0 Å². The molecule has 2 nitrogen and oxygen atoms in total. The van der Waals surface area contributed by atoms with E-state index in [1.165, 1.54) is 24.8 Å². The Bertz CT molecular complexity index is 632. The van der Waals surface area contributed by atoms with Crippen LogP contribution >= 0.6 is 15.9 Å². The first-order valence-electron chi connectivity index (χ1n) is 8.32. The van der Waals surface area contributed by atoms with Gasteiger partial charge in [0.15, 0.2) is 5.78 Å². The van der Waals surface area contributed by atoms with E-state index < -0.39 is 0 Å². The van der Waals surface area contributed by atoms with Gasteiger partial charge in [-0.05, 0) is 43.6 Å². The van der Waals surface area contributed by atoms with Crippen LogP contribution in [0.5, 0.6) is 0 Å². The van der Waals surface area contributed by atoms with Crippen molar-refractivity contribution in [2.45, 2.75) is 31.7 Å². The molecule has 3 heteroatoms. The van der Waals surface area contributed by atoms with Crippen LogP contribution in [0, 0.1) is 0 Å². The molecule has 1 aliphatic rings. The Morgan fingerprint density at radius 1 is 0.957 bits per heavy atom. The zero-order valence-corrected chi connectivity index (χ0v) is 14.8. The summed E-state index contributed by atoms with van der Waals surface area (Å²) in [6.45, 7) is 2.18. The van der Waals surface area contributed by atoms with Gasteiger partial charge >= 0.3 is 0 Å². The van der Waals surface area contributed by atoms with E-state index in [1.807, 2.05) is 30.3 Å². The molecule has 0 bridgehead atoms. The molecule has 0 N–H and O–H groups in total. The largest absolute Gasteiger partial charge is 0.296 e. The number of benzene rings is 2. The summed E-state index contributed by atoms with van der Waals surface area (Å²) in [6.07, 6.45) is 4.32. The van der Waals surface area contributed by atoms with E-state index in [9.17, 15) is 4.79 Å². The fourth-order valence-electron chi connectivity index (χ4n) is 3.29. The Kier molecular flexibility index (Phi) is 5.63. The number of halogens is 1. The highest BCUT2D eigenvalue weighted by Crippen LogP contribution is 2.29. The Balaban J connectivity index is 1.80. The maximum absolute atomic E-state index is 12.7. The number of hydrogen-bond donors (Lipinski definition) is 0. The van der Waals surface area contributed by atoms with Crippen molar-refractivity contribution < 1.29 is 4.79 Å². The monoisotopic (exact) mass is 371 g/mol. The van der Waals surface area contributed by atoms with Gasteiger partial charge in [0, 0.05) is 22.5 Å². The van der Waals surface area contributed by atoms with Crippen LogP contribution in [0.4, 0.5) is 0 Å². The van der Waals surface area contributed by atoms with Gasteiger partial charge in [0.1, 0.15) is 0 Å². The average Bonchev–Trinajstić information content (AvgIpc) is 2.61. The van der Waals surface area contributed by atoms with Crippen molar-refractivity contribution in [1.82, 2.24) is 4.90 Å². The molecule has 1 aliphatic heterocycles. The van der Waals surface area contributed by atoms with Crippen molar-refractivity contribution in [1.29, 1.82) is 0 Å². The van der Waals surface area contributed by atoms with Crippen LogP contribution < -0.4 is 0 Å². The second-order valence-electron chi connectivity index (χ2n) is 6.16. The van der Waals surface area contributed by atoms with Crippen LogP contribution in [0.1, 0.15) is 47.6 Å². The van der Waals surface area contributed by atoms with E-state index >= 15 is 0 Å². The highest BCUT2D eigenvalue weighted by molar-refractivity contribution is 9.10. The molecular weight excluding hydrogens is 350 g/mol. The first kappa shape index (κ1) is 16.4. The molecule has 0 spiro atoms. The third-order valence-electron chi connectivity index (χ3n) is 4.56. The molecule has 3 rings (SSSR count). The molecule has 0 radical (unpaired) electrons. The molecule has 120 valence electrons. The summed E-state index contributed by atoms with van der Waals surface area (Å²) < 4.78 is 1.00. The number of likely N-dealkylation sites (tertiary alicyclic amines) is 1. The van der Waals surface area contributed by atoms with Crippen LogP contribution in [0.25, 0.3) is 0 Å². The van der Waals surface area contributed by atoms with Crippen molar-refractivity contribution in [3.8, 4) is 0 Å². The fourth-order valence-corrected chi connectivity index (χ4v) is 3.56. The third kappa shape index (κ3) is 4.30. The maximum Gasteiger partial charge on any atom is 0.164 e. The van der Waals surface area contributed by atoms with Crippen LogP contribution in [0.3, 0.4) is 0 Å². The van der Waals surface area contributed by atoms with Crippen molar-refractivity contribution >= 4 is 21.7 Å². The van der Waals surface area contributed by atoms with Gasteiger partial charge in [-0.2, -0.15) is 0 Å². The first-order valence-corrected chi connectivity index (χ1v) is 9.11. The smallest absolute Gasteiger partial charge is 0.164 e. The van der Waals surface area contributed by atoms with Gasteiger partial charge in [-0.25, -0.2) is 0 Å². The predicted molar refractivity (Wildman–Crippen MR) is 97.7 cm³/mol. The number of piperidine rings is 1. The van der Waals surface area contributed by atoms with Crippen LogP contribution in [0.15, 0.2) is 59.1 Å². The zero-order valence-electron chi connectivity index (χ0n) is 13.2. The number of hydrogen-bond acceptors (Lipinski definition) is 2. The Labute approximate surface area is 146 Å². The van der Waals surface area contributed by atoms with Gasteiger partial charge in [-0.3, -0.25) is 9.69 Å². The second-order valence-corrected chi connectivity index (χ2v) is 7.07. The van der Waals surface area contributed by atoms with Gasteiger partial charge < -0.3 is 0 Å². The number of carbonyl (C=O) groups excluding carboxylic acids is 1. The minimum atomic E-state index is 0.188. The quantitative estimate of drug-likeness (QED) is 0.669. The summed E-state index contributed by atoms with van der Waals surface area (Å²) in [7, 11) is 0. The Morgan fingerprint density at radius 2 is 1.61 bits per heavy atom. The number of Topliss-reactive ketones (excluding diaryl/α,β-unsaturated/α-hetero) is 1. The molecule has 0 aliphatic carbocycles. The van der Waals surface area contributed by atoms with Crippen molar-refractivity contribution in [3.63, 3.8) is 0 Å². The summed E-state index contributed by atoms with van der Waals surface area (Å²) in [4.78, 5) is 15.2. The summed E-state index contributed by atoms with van der Waals surface area (Å²) in [5, 5.41) is 0. The van der Waals surface area contributed by atoms with Crippen LogP contribution in [0.2, 0.25) is 0 Å². The number of nitrogens with zero attached hydrogens (tertiary/aromatic N) is 1. The number of ketones is 1. The summed E-state index contributed by atoms with van der Waals surface area (Å²) in [6, 6.07) is 18.3. The first-order chi connectivity index (χ1) is 11.2. The second kappa shape index (κ2) is 7.89. The van der Waals surface area contributed by atoms with Crippen molar-refractivity contribution in [2.75, 3.05) is 13.1 Å². The molecular formula is C20H22BrNO. The summed E-state index contributed by atoms with van der Waals surface area (Å²) in [5.41, 5.74) is 2.05. The van der Waals surface area contributed by atoms with Gasteiger partial charge in [0.25, 0.3) is 0 Å². The molecule has 23 heavy (non-hydrogen) atoms. The topological polar surface area (TPSA) is 20.3 Å². The lowest BCUT2D eigenvalue weighted by Gasteiger charge is -2.34. The van der Waals surface area contributed by atoms with Crippen molar-refractivity contribution in [3.05, 3.63) is 70.2 Å². The van der Waals surface area contributed by atoms with E-state index in [0.29, 0.717) is 6.42 Å². The Hall–Kier alpha value is -1.45. The van der Waals surface area contributed by atoms with Gasteiger partial charge in [0.2, 0.25) is 0 Å². The summed E-state index contributed by atoms with van der Waals surface area (Å²) in [5.74, 6) is 0.219. The predicted octanol–water partition coefficient (Wildman–Crippen LogP) is 5.25. The maximum atomic E-state index is 12.7. The summed E-state index contributed by atoms with van der Waals surface area (Å²) >= 11 is 3.43. The highest BCUT2D eigenvalue weighted by atomic mass is 79.9.